The minimum absolute atomic E-state index is 0. The van der Waals surface area contributed by atoms with Crippen LogP contribution < -0.4 is 5.73 Å². The van der Waals surface area contributed by atoms with Crippen LogP contribution in [0.15, 0.2) is 24.3 Å². The Morgan fingerprint density at radius 1 is 1.44 bits per heavy atom. The lowest BCUT2D eigenvalue weighted by Crippen LogP contribution is -2.32. The van der Waals surface area contributed by atoms with Gasteiger partial charge in [0.15, 0.2) is 0 Å². The fourth-order valence-electron chi connectivity index (χ4n) is 1.78. The van der Waals surface area contributed by atoms with Crippen molar-refractivity contribution in [3.63, 3.8) is 0 Å². The maximum Gasteiger partial charge on any atom is 0.256 e. The minimum Gasteiger partial charge on any atom is -0.337 e. The van der Waals surface area contributed by atoms with Crippen LogP contribution in [0.25, 0.3) is 0 Å². The average Bonchev–Trinajstić information content (AvgIpc) is 2.65. The Hall–Kier alpha value is -1.13. The van der Waals surface area contributed by atoms with Crippen molar-refractivity contribution in [2.75, 3.05) is 13.1 Å². The van der Waals surface area contributed by atoms with E-state index >= 15 is 0 Å². The molecule has 5 heteroatoms. The summed E-state index contributed by atoms with van der Waals surface area (Å²) in [6.45, 7) is 1.14. The second-order valence-corrected chi connectivity index (χ2v) is 3.78. The molecule has 0 bridgehead atoms. The molecule has 1 saturated heterocycles. The molecule has 1 unspecified atom stereocenters. The summed E-state index contributed by atoms with van der Waals surface area (Å²) < 4.78 is 13.3. The van der Waals surface area contributed by atoms with Gasteiger partial charge in [0.2, 0.25) is 0 Å². The van der Waals surface area contributed by atoms with Gasteiger partial charge in [-0.05, 0) is 18.6 Å². The van der Waals surface area contributed by atoms with Gasteiger partial charge in [-0.15, -0.1) is 12.4 Å². The molecule has 1 amide bonds. The van der Waals surface area contributed by atoms with Gasteiger partial charge in [0.25, 0.3) is 5.91 Å². The summed E-state index contributed by atoms with van der Waals surface area (Å²) in [5.41, 5.74) is 5.82. The molecular weight excluding hydrogens is 231 g/mol. The van der Waals surface area contributed by atoms with E-state index in [1.165, 1.54) is 12.1 Å². The zero-order chi connectivity index (χ0) is 10.8. The summed E-state index contributed by atoms with van der Waals surface area (Å²) in [5, 5.41) is 0. The second kappa shape index (κ2) is 5.27. The highest BCUT2D eigenvalue weighted by Gasteiger charge is 2.25. The third kappa shape index (κ3) is 2.51. The van der Waals surface area contributed by atoms with Crippen LogP contribution in [0.2, 0.25) is 0 Å². The number of nitrogens with two attached hydrogens (primary N) is 1. The number of nitrogens with zero attached hydrogens (tertiary/aromatic N) is 1. The number of hydrogen-bond acceptors (Lipinski definition) is 2. The monoisotopic (exact) mass is 244 g/mol. The molecule has 1 atom stereocenters. The molecule has 2 rings (SSSR count). The molecule has 0 radical (unpaired) electrons. The predicted octanol–water partition coefficient (Wildman–Crippen LogP) is 1.42. The van der Waals surface area contributed by atoms with E-state index in [4.69, 9.17) is 5.73 Å². The molecule has 1 fully saturated rings. The summed E-state index contributed by atoms with van der Waals surface area (Å²) in [4.78, 5) is 13.4. The number of benzene rings is 1. The Bertz CT molecular complexity index is 386. The lowest BCUT2D eigenvalue weighted by atomic mass is 10.2. The molecule has 1 aliphatic heterocycles. The Morgan fingerprint density at radius 3 is 2.69 bits per heavy atom. The van der Waals surface area contributed by atoms with E-state index in [1.807, 2.05) is 0 Å². The molecule has 0 spiro atoms. The van der Waals surface area contributed by atoms with E-state index in [0.717, 1.165) is 6.42 Å². The van der Waals surface area contributed by atoms with E-state index in [-0.39, 0.29) is 29.9 Å². The first-order valence-electron chi connectivity index (χ1n) is 4.98. The zero-order valence-electron chi connectivity index (χ0n) is 8.73. The van der Waals surface area contributed by atoms with Gasteiger partial charge < -0.3 is 10.6 Å². The average molecular weight is 245 g/mol. The van der Waals surface area contributed by atoms with Crippen LogP contribution in [0.3, 0.4) is 0 Å². The van der Waals surface area contributed by atoms with Crippen LogP contribution in [0.5, 0.6) is 0 Å². The summed E-state index contributed by atoms with van der Waals surface area (Å²) in [6, 6.07) is 6.06. The standard InChI is InChI=1S/C11H13FN2O.ClH/c12-10-4-2-1-3-9(10)11(15)14-6-5-8(13)7-14;/h1-4,8H,5-7,13H2;1H. The summed E-state index contributed by atoms with van der Waals surface area (Å²) in [5.74, 6) is -0.732. The largest absolute Gasteiger partial charge is 0.337 e. The maximum absolute atomic E-state index is 13.3. The van der Waals surface area contributed by atoms with Gasteiger partial charge in [0, 0.05) is 19.1 Å². The van der Waals surface area contributed by atoms with Crippen molar-refractivity contribution >= 4 is 18.3 Å². The molecule has 0 saturated carbocycles. The van der Waals surface area contributed by atoms with Crippen LogP contribution >= 0.6 is 12.4 Å². The number of hydrogen-bond donors (Lipinski definition) is 1. The Balaban J connectivity index is 0.00000128. The summed E-state index contributed by atoms with van der Waals surface area (Å²) in [6.07, 6.45) is 0.792. The first-order chi connectivity index (χ1) is 7.18. The quantitative estimate of drug-likeness (QED) is 0.812. The second-order valence-electron chi connectivity index (χ2n) is 3.78. The number of carbonyl (C=O) groups excluding carboxylic acids is 1. The first kappa shape index (κ1) is 12.9. The van der Waals surface area contributed by atoms with Gasteiger partial charge >= 0.3 is 0 Å². The fourth-order valence-corrected chi connectivity index (χ4v) is 1.78. The van der Waals surface area contributed by atoms with Crippen molar-refractivity contribution < 1.29 is 9.18 Å². The van der Waals surface area contributed by atoms with E-state index in [0.29, 0.717) is 13.1 Å². The van der Waals surface area contributed by atoms with Gasteiger partial charge in [-0.2, -0.15) is 0 Å². The molecule has 88 valence electrons. The van der Waals surface area contributed by atoms with Gasteiger partial charge in [-0.25, -0.2) is 4.39 Å². The minimum atomic E-state index is -0.469. The smallest absolute Gasteiger partial charge is 0.256 e. The Labute approximate surface area is 99.8 Å². The van der Waals surface area contributed by atoms with Crippen molar-refractivity contribution in [1.29, 1.82) is 0 Å². The highest BCUT2D eigenvalue weighted by molar-refractivity contribution is 5.94. The SMILES string of the molecule is Cl.NC1CCN(C(=O)c2ccccc2F)C1. The predicted molar refractivity (Wildman–Crippen MR) is 62.1 cm³/mol. The highest BCUT2D eigenvalue weighted by atomic mass is 35.5. The maximum atomic E-state index is 13.3. The van der Waals surface area contributed by atoms with Crippen molar-refractivity contribution in [1.82, 2.24) is 4.90 Å². The van der Waals surface area contributed by atoms with Gasteiger partial charge in [-0.3, -0.25) is 4.79 Å². The molecule has 16 heavy (non-hydrogen) atoms. The fraction of sp³-hybridized carbons (Fsp3) is 0.364. The van der Waals surface area contributed by atoms with E-state index in [9.17, 15) is 9.18 Å². The number of amides is 1. The highest BCUT2D eigenvalue weighted by Crippen LogP contribution is 2.14. The molecule has 1 aromatic rings. The van der Waals surface area contributed by atoms with Crippen LogP contribution in [0.1, 0.15) is 16.8 Å². The molecule has 1 heterocycles. The number of rotatable bonds is 1. The molecule has 1 aliphatic rings. The topological polar surface area (TPSA) is 46.3 Å². The molecule has 0 aliphatic carbocycles. The Kier molecular flexibility index (Phi) is 4.26. The zero-order valence-corrected chi connectivity index (χ0v) is 9.54. The third-order valence-corrected chi connectivity index (χ3v) is 2.62. The normalized spacial score (nSPS) is 19.4. The Morgan fingerprint density at radius 2 is 2.12 bits per heavy atom. The number of likely N-dealkylation sites (tertiary alicyclic amines) is 1. The first-order valence-corrected chi connectivity index (χ1v) is 4.98. The molecule has 0 aromatic heterocycles. The lowest BCUT2D eigenvalue weighted by molar-refractivity contribution is 0.0786. The number of carbonyl (C=O) groups is 1. The van der Waals surface area contributed by atoms with Crippen LogP contribution in [-0.4, -0.2) is 29.9 Å². The van der Waals surface area contributed by atoms with E-state index < -0.39 is 5.82 Å². The van der Waals surface area contributed by atoms with Gasteiger partial charge in [0.05, 0.1) is 5.56 Å². The van der Waals surface area contributed by atoms with Crippen LogP contribution in [-0.2, 0) is 0 Å². The van der Waals surface area contributed by atoms with Crippen LogP contribution in [0, 0.1) is 5.82 Å². The molecule has 2 N–H and O–H groups in total. The van der Waals surface area contributed by atoms with E-state index in [2.05, 4.69) is 0 Å². The van der Waals surface area contributed by atoms with Crippen molar-refractivity contribution in [2.45, 2.75) is 12.5 Å². The van der Waals surface area contributed by atoms with Crippen LogP contribution in [0.4, 0.5) is 4.39 Å². The third-order valence-electron chi connectivity index (χ3n) is 2.62. The number of halogens is 2. The summed E-state index contributed by atoms with van der Waals surface area (Å²) >= 11 is 0. The lowest BCUT2D eigenvalue weighted by Gasteiger charge is -2.15. The van der Waals surface area contributed by atoms with Gasteiger partial charge in [-0.1, -0.05) is 12.1 Å². The molecular formula is C11H14ClFN2O. The van der Waals surface area contributed by atoms with E-state index in [1.54, 1.807) is 17.0 Å². The van der Waals surface area contributed by atoms with Crippen molar-refractivity contribution in [2.24, 2.45) is 5.73 Å². The van der Waals surface area contributed by atoms with Gasteiger partial charge in [0.1, 0.15) is 5.82 Å². The molecule has 3 nitrogen and oxygen atoms in total. The molecule has 1 aromatic carbocycles. The van der Waals surface area contributed by atoms with Crippen molar-refractivity contribution in [3.8, 4) is 0 Å². The van der Waals surface area contributed by atoms with Crippen molar-refractivity contribution in [3.05, 3.63) is 35.6 Å². The summed E-state index contributed by atoms with van der Waals surface area (Å²) in [7, 11) is 0.